The lowest BCUT2D eigenvalue weighted by Crippen LogP contribution is -2.63. The fourth-order valence-corrected chi connectivity index (χ4v) is 8.63. The summed E-state index contributed by atoms with van der Waals surface area (Å²) in [6.07, 6.45) is 2.17. The van der Waals surface area contributed by atoms with E-state index < -0.39 is 63.8 Å². The van der Waals surface area contributed by atoms with E-state index in [9.17, 15) is 35.1 Å². The maximum atomic E-state index is 13.4. The normalized spacial score (nSPS) is 44.1. The van der Waals surface area contributed by atoms with Crippen molar-refractivity contribution >= 4 is 11.8 Å². The summed E-state index contributed by atoms with van der Waals surface area (Å²) in [5.74, 6) is -1.54. The summed E-state index contributed by atoms with van der Waals surface area (Å²) in [7, 11) is 0. The zero-order valence-corrected chi connectivity index (χ0v) is 23.2. The van der Waals surface area contributed by atoms with Gasteiger partial charge in [0, 0.05) is 18.3 Å². The smallest absolute Gasteiger partial charge is 0.302 e. The third-order valence-electron chi connectivity index (χ3n) is 10.8. The highest BCUT2D eigenvalue weighted by Crippen LogP contribution is 2.68. The highest BCUT2D eigenvalue weighted by molar-refractivity contribution is 5.95. The average Bonchev–Trinajstić information content (AvgIpc) is 3.05. The van der Waals surface area contributed by atoms with Gasteiger partial charge in [0.1, 0.15) is 6.10 Å². The summed E-state index contributed by atoms with van der Waals surface area (Å²) in [5, 5.41) is 55.7. The van der Waals surface area contributed by atoms with Crippen LogP contribution in [0, 0.1) is 28.6 Å². The van der Waals surface area contributed by atoms with Crippen LogP contribution in [0.5, 0.6) is 0 Å². The quantitative estimate of drug-likeness (QED) is 0.335. The Kier molecular flexibility index (Phi) is 7.07. The van der Waals surface area contributed by atoms with E-state index in [0.717, 1.165) is 0 Å². The van der Waals surface area contributed by atoms with Crippen molar-refractivity contribution in [2.75, 3.05) is 0 Å². The van der Waals surface area contributed by atoms with Crippen LogP contribution in [-0.4, -0.2) is 72.4 Å². The van der Waals surface area contributed by atoms with E-state index in [2.05, 4.69) is 0 Å². The van der Waals surface area contributed by atoms with Crippen LogP contribution < -0.4 is 0 Å². The first-order valence-electron chi connectivity index (χ1n) is 13.8. The molecule has 8 heteroatoms. The molecule has 0 amide bonds. The van der Waals surface area contributed by atoms with Crippen molar-refractivity contribution in [2.45, 2.75) is 128 Å². The van der Waals surface area contributed by atoms with E-state index in [-0.39, 0.29) is 24.5 Å². The lowest BCUT2D eigenvalue weighted by Gasteiger charge is -2.60. The first-order chi connectivity index (χ1) is 16.9. The van der Waals surface area contributed by atoms with E-state index in [1.54, 1.807) is 26.8 Å². The minimum absolute atomic E-state index is 0.118. The van der Waals surface area contributed by atoms with Gasteiger partial charge in [-0.3, -0.25) is 9.59 Å². The molecule has 0 aromatic carbocycles. The van der Waals surface area contributed by atoms with E-state index in [1.807, 2.05) is 13.8 Å². The van der Waals surface area contributed by atoms with Gasteiger partial charge in [-0.2, -0.15) is 0 Å². The zero-order chi connectivity index (χ0) is 27.8. The Bertz CT molecular complexity index is 965. The Hall–Kier alpha value is -1.32. The van der Waals surface area contributed by atoms with E-state index in [4.69, 9.17) is 4.74 Å². The number of aliphatic hydroxyl groups is 5. The molecule has 0 spiro atoms. The first-order valence-corrected chi connectivity index (χ1v) is 13.8. The number of ketones is 1. The van der Waals surface area contributed by atoms with Crippen LogP contribution in [0.15, 0.2) is 11.6 Å². The molecule has 0 unspecified atom stereocenters. The molecule has 4 rings (SSSR count). The third-order valence-corrected chi connectivity index (χ3v) is 10.8. The summed E-state index contributed by atoms with van der Waals surface area (Å²) in [6, 6.07) is 0. The molecule has 0 aliphatic heterocycles. The number of hydrogen-bond acceptors (Lipinski definition) is 8. The molecule has 0 heterocycles. The molecule has 0 bridgehead atoms. The number of fused-ring (bicyclic) bond motifs is 5. The molecule has 10 atom stereocenters. The molecule has 0 radical (unpaired) electrons. The Morgan fingerprint density at radius 1 is 1.16 bits per heavy atom. The average molecular weight is 523 g/mol. The minimum atomic E-state index is -1.49. The van der Waals surface area contributed by atoms with Gasteiger partial charge in [0.15, 0.2) is 5.78 Å². The largest absolute Gasteiger partial charge is 0.460 e. The summed E-state index contributed by atoms with van der Waals surface area (Å²) < 4.78 is 5.44. The van der Waals surface area contributed by atoms with Crippen LogP contribution in [0.3, 0.4) is 0 Å². The highest BCUT2D eigenvalue weighted by Gasteiger charge is 2.69. The van der Waals surface area contributed by atoms with Crippen molar-refractivity contribution < 1.29 is 39.9 Å². The lowest BCUT2D eigenvalue weighted by molar-refractivity contribution is -0.182. The molecule has 3 saturated carbocycles. The topological polar surface area (TPSA) is 145 Å². The molecule has 8 nitrogen and oxygen atoms in total. The molecule has 0 saturated heterocycles. The van der Waals surface area contributed by atoms with Gasteiger partial charge in [-0.1, -0.05) is 13.8 Å². The second-order valence-electron chi connectivity index (χ2n) is 13.8. The predicted octanol–water partition coefficient (Wildman–Crippen LogP) is 2.42. The Morgan fingerprint density at radius 3 is 2.41 bits per heavy atom. The maximum absolute atomic E-state index is 13.4. The van der Waals surface area contributed by atoms with E-state index >= 15 is 0 Å². The van der Waals surface area contributed by atoms with Gasteiger partial charge in [0.2, 0.25) is 0 Å². The summed E-state index contributed by atoms with van der Waals surface area (Å²) in [6.45, 7) is 10.3. The highest BCUT2D eigenvalue weighted by atomic mass is 16.6. The number of aliphatic hydroxyl groups excluding tert-OH is 2. The number of esters is 1. The monoisotopic (exact) mass is 522 g/mol. The molecule has 37 heavy (non-hydrogen) atoms. The van der Waals surface area contributed by atoms with Crippen molar-refractivity contribution in [1.82, 2.24) is 0 Å². The Morgan fingerprint density at radius 2 is 1.81 bits per heavy atom. The molecule has 0 aromatic heterocycles. The number of carbonyl (C=O) groups excluding carboxylic acids is 2. The molecule has 4 aliphatic carbocycles. The number of ether oxygens (including phenoxy) is 1. The third kappa shape index (κ3) is 4.50. The van der Waals surface area contributed by atoms with Crippen LogP contribution in [0.4, 0.5) is 0 Å². The zero-order valence-electron chi connectivity index (χ0n) is 23.2. The van der Waals surface area contributed by atoms with Gasteiger partial charge in [-0.05, 0) is 101 Å². The number of carbonyl (C=O) groups is 2. The molecule has 3 fully saturated rings. The van der Waals surface area contributed by atoms with Crippen LogP contribution >= 0.6 is 0 Å². The van der Waals surface area contributed by atoms with Gasteiger partial charge in [0.05, 0.1) is 29.0 Å². The van der Waals surface area contributed by atoms with Crippen molar-refractivity contribution in [3.8, 4) is 0 Å². The number of allylic oxidation sites excluding steroid dienone is 1. The van der Waals surface area contributed by atoms with Gasteiger partial charge in [-0.25, -0.2) is 0 Å². The van der Waals surface area contributed by atoms with Crippen LogP contribution in [0.25, 0.3) is 0 Å². The molecule has 5 N–H and O–H groups in total. The lowest BCUT2D eigenvalue weighted by atomic mass is 9.45. The fourth-order valence-electron chi connectivity index (χ4n) is 8.63. The van der Waals surface area contributed by atoms with Crippen LogP contribution in [-0.2, 0) is 14.3 Å². The molecular formula is C29H46O8. The molecule has 4 aliphatic rings. The van der Waals surface area contributed by atoms with Crippen molar-refractivity contribution in [2.24, 2.45) is 28.6 Å². The second-order valence-corrected chi connectivity index (χ2v) is 13.8. The van der Waals surface area contributed by atoms with E-state index in [0.29, 0.717) is 44.1 Å². The van der Waals surface area contributed by atoms with Gasteiger partial charge in [-0.15, -0.1) is 0 Å². The fraction of sp³-hybridized carbons (Fsp3) is 0.862. The van der Waals surface area contributed by atoms with E-state index in [1.165, 1.54) is 6.92 Å². The molecule has 210 valence electrons. The standard InChI is InChI=1S/C29H46O8/c1-16(30)37-22-15-26(4)17-7-11-27(5)23(28(6,35)24(33)9-10-25(2,3)34)8-12-29(27,36)18(17)13-20(31)19(26)14-21(22)32/h13,17,19,21-24,32-36H,7-12,14-15H2,1-6H3/t17-,19+,21+,22-,23-,24+,26+,27+,28+,29+/m0/s1. The predicted molar refractivity (Wildman–Crippen MR) is 136 cm³/mol. The molecular weight excluding hydrogens is 476 g/mol. The van der Waals surface area contributed by atoms with Gasteiger partial charge >= 0.3 is 5.97 Å². The molecule has 0 aromatic rings. The van der Waals surface area contributed by atoms with Crippen LogP contribution in [0.2, 0.25) is 0 Å². The van der Waals surface area contributed by atoms with Crippen LogP contribution in [0.1, 0.15) is 92.9 Å². The Balaban J connectivity index is 1.66. The van der Waals surface area contributed by atoms with Gasteiger partial charge < -0.3 is 30.3 Å². The Labute approximate surface area is 220 Å². The van der Waals surface area contributed by atoms with Crippen molar-refractivity contribution in [1.29, 1.82) is 0 Å². The summed E-state index contributed by atoms with van der Waals surface area (Å²) in [4.78, 5) is 25.1. The summed E-state index contributed by atoms with van der Waals surface area (Å²) >= 11 is 0. The number of hydrogen-bond donors (Lipinski definition) is 5. The maximum Gasteiger partial charge on any atom is 0.302 e. The second kappa shape index (κ2) is 9.12. The van der Waals surface area contributed by atoms with Crippen molar-refractivity contribution in [3.05, 3.63) is 11.6 Å². The van der Waals surface area contributed by atoms with Crippen molar-refractivity contribution in [3.63, 3.8) is 0 Å². The van der Waals surface area contributed by atoms with Gasteiger partial charge in [0.25, 0.3) is 0 Å². The minimum Gasteiger partial charge on any atom is -0.460 e. The first kappa shape index (κ1) is 28.7. The number of rotatable bonds is 6. The SMILES string of the molecule is CC(=O)O[C@H]1C[C@@]2(C)[C@H](C[C@H]1O)C(=O)C=C1[C@@H]2CC[C@]2(C)[C@@H]([C@@](C)(O)[C@H](O)CCC(C)(C)O)CC[C@@]12O. The summed E-state index contributed by atoms with van der Waals surface area (Å²) in [5.41, 5.74) is -4.43.